The van der Waals surface area contributed by atoms with Crippen LogP contribution >= 0.6 is 11.8 Å². The van der Waals surface area contributed by atoms with Crippen LogP contribution in [0.15, 0.2) is 29.2 Å². The zero-order chi connectivity index (χ0) is 14.4. The Balaban J connectivity index is 1.88. The maximum Gasteiger partial charge on any atom is 0.0187 e. The molecule has 3 unspecified atom stereocenters. The van der Waals surface area contributed by atoms with E-state index in [9.17, 15) is 0 Å². The normalized spacial score (nSPS) is 24.6. The van der Waals surface area contributed by atoms with Gasteiger partial charge in [-0.25, -0.2) is 0 Å². The smallest absolute Gasteiger partial charge is 0.0187 e. The number of aryl methyl sites for hydroxylation is 1. The molecule has 0 aromatic heterocycles. The number of hydrogen-bond donors (Lipinski definition) is 1. The maximum atomic E-state index is 3.58. The zero-order valence-corrected chi connectivity index (χ0v) is 14.0. The first-order valence-corrected chi connectivity index (χ1v) is 9.08. The highest BCUT2D eigenvalue weighted by Crippen LogP contribution is 2.34. The van der Waals surface area contributed by atoms with Crippen LogP contribution in [0.2, 0.25) is 0 Å². The van der Waals surface area contributed by atoms with Crippen molar-refractivity contribution in [3.63, 3.8) is 0 Å². The Morgan fingerprint density at radius 3 is 2.90 bits per heavy atom. The van der Waals surface area contributed by atoms with Crippen molar-refractivity contribution in [3.05, 3.63) is 29.8 Å². The minimum Gasteiger partial charge on any atom is -0.316 e. The van der Waals surface area contributed by atoms with Crippen LogP contribution in [0, 0.1) is 18.8 Å². The minimum absolute atomic E-state index is 0.662. The third-order valence-corrected chi connectivity index (χ3v) is 5.87. The molecule has 0 bridgehead atoms. The number of benzene rings is 1. The molecule has 1 nitrogen and oxygen atoms in total. The number of hydrogen-bond acceptors (Lipinski definition) is 2. The predicted molar refractivity (Wildman–Crippen MR) is 90.5 cm³/mol. The topological polar surface area (TPSA) is 12.0 Å². The molecule has 1 aliphatic carbocycles. The molecule has 2 heteroatoms. The van der Waals surface area contributed by atoms with Gasteiger partial charge >= 0.3 is 0 Å². The molecule has 1 aromatic rings. The SMILES string of the molecule is CCC1CCCC(C(CSc2cccc(C)c2)NC)C1. The first kappa shape index (κ1) is 15.9. The Bertz CT molecular complexity index is 404. The molecule has 1 aliphatic rings. The average Bonchev–Trinajstić information content (AvgIpc) is 2.48. The summed E-state index contributed by atoms with van der Waals surface area (Å²) in [4.78, 5) is 1.41. The Morgan fingerprint density at radius 1 is 1.35 bits per heavy atom. The summed E-state index contributed by atoms with van der Waals surface area (Å²) in [6.45, 7) is 4.52. The molecule has 0 aliphatic heterocycles. The van der Waals surface area contributed by atoms with E-state index in [-0.39, 0.29) is 0 Å². The van der Waals surface area contributed by atoms with Gasteiger partial charge in [-0.1, -0.05) is 43.9 Å². The van der Waals surface area contributed by atoms with E-state index in [0.717, 1.165) is 11.8 Å². The summed E-state index contributed by atoms with van der Waals surface area (Å²) in [6.07, 6.45) is 7.08. The summed E-state index contributed by atoms with van der Waals surface area (Å²) in [6, 6.07) is 9.54. The molecular formula is C18H29NS. The summed E-state index contributed by atoms with van der Waals surface area (Å²) in [5.74, 6) is 3.03. The zero-order valence-electron chi connectivity index (χ0n) is 13.2. The summed E-state index contributed by atoms with van der Waals surface area (Å²) >= 11 is 2.01. The lowest BCUT2D eigenvalue weighted by Crippen LogP contribution is -2.38. The second-order valence-corrected chi connectivity index (χ2v) is 7.32. The monoisotopic (exact) mass is 291 g/mol. The Hall–Kier alpha value is -0.470. The van der Waals surface area contributed by atoms with Crippen molar-refractivity contribution in [1.29, 1.82) is 0 Å². The van der Waals surface area contributed by atoms with Gasteiger partial charge in [0, 0.05) is 16.7 Å². The van der Waals surface area contributed by atoms with Crippen molar-refractivity contribution < 1.29 is 0 Å². The van der Waals surface area contributed by atoms with Gasteiger partial charge in [-0.15, -0.1) is 11.8 Å². The second kappa shape index (κ2) is 8.09. The molecule has 1 fully saturated rings. The van der Waals surface area contributed by atoms with Crippen molar-refractivity contribution in [1.82, 2.24) is 5.32 Å². The highest BCUT2D eigenvalue weighted by atomic mass is 32.2. The van der Waals surface area contributed by atoms with Gasteiger partial charge in [0.2, 0.25) is 0 Å². The average molecular weight is 292 g/mol. The summed E-state index contributed by atoms with van der Waals surface area (Å²) in [7, 11) is 2.14. The fraction of sp³-hybridized carbons (Fsp3) is 0.667. The molecule has 1 saturated carbocycles. The minimum atomic E-state index is 0.662. The van der Waals surface area contributed by atoms with Gasteiger partial charge in [0.25, 0.3) is 0 Å². The van der Waals surface area contributed by atoms with Crippen molar-refractivity contribution >= 4 is 11.8 Å². The van der Waals surface area contributed by atoms with Gasteiger partial charge in [0.05, 0.1) is 0 Å². The fourth-order valence-electron chi connectivity index (χ4n) is 3.42. The molecule has 3 atom stereocenters. The van der Waals surface area contributed by atoms with E-state index in [1.165, 1.54) is 48.3 Å². The van der Waals surface area contributed by atoms with E-state index in [0.29, 0.717) is 6.04 Å². The molecular weight excluding hydrogens is 262 g/mol. The summed E-state index contributed by atoms with van der Waals surface area (Å²) in [5, 5.41) is 3.58. The van der Waals surface area contributed by atoms with Gasteiger partial charge < -0.3 is 5.32 Å². The van der Waals surface area contributed by atoms with Crippen LogP contribution in [-0.2, 0) is 0 Å². The van der Waals surface area contributed by atoms with E-state index in [1.54, 1.807) is 0 Å². The summed E-state index contributed by atoms with van der Waals surface area (Å²) in [5.41, 5.74) is 1.36. The van der Waals surface area contributed by atoms with Crippen LogP contribution in [0.4, 0.5) is 0 Å². The van der Waals surface area contributed by atoms with Crippen molar-refractivity contribution in [3.8, 4) is 0 Å². The molecule has 20 heavy (non-hydrogen) atoms. The molecule has 0 heterocycles. The molecule has 112 valence electrons. The van der Waals surface area contributed by atoms with E-state index >= 15 is 0 Å². The number of rotatable bonds is 6. The third kappa shape index (κ3) is 4.53. The standard InChI is InChI=1S/C18H29NS/c1-4-15-8-6-9-16(12-15)18(19-3)13-20-17-10-5-7-14(2)11-17/h5,7,10-11,15-16,18-19H,4,6,8-9,12-13H2,1-3H3. The highest BCUT2D eigenvalue weighted by Gasteiger charge is 2.26. The van der Waals surface area contributed by atoms with Crippen LogP contribution in [0.3, 0.4) is 0 Å². The van der Waals surface area contributed by atoms with Crippen LogP contribution in [0.25, 0.3) is 0 Å². The van der Waals surface area contributed by atoms with E-state index in [4.69, 9.17) is 0 Å². The highest BCUT2D eigenvalue weighted by molar-refractivity contribution is 7.99. The van der Waals surface area contributed by atoms with Gasteiger partial charge in [0.15, 0.2) is 0 Å². The quantitative estimate of drug-likeness (QED) is 0.749. The van der Waals surface area contributed by atoms with Crippen LogP contribution < -0.4 is 5.32 Å². The lowest BCUT2D eigenvalue weighted by Gasteiger charge is -2.34. The Morgan fingerprint density at radius 2 is 2.20 bits per heavy atom. The molecule has 0 spiro atoms. The Labute approximate surface area is 128 Å². The lowest BCUT2D eigenvalue weighted by molar-refractivity contribution is 0.223. The van der Waals surface area contributed by atoms with Crippen molar-refractivity contribution in [2.45, 2.75) is 56.9 Å². The van der Waals surface area contributed by atoms with E-state index in [1.807, 2.05) is 11.8 Å². The first-order valence-electron chi connectivity index (χ1n) is 8.09. The van der Waals surface area contributed by atoms with E-state index < -0.39 is 0 Å². The molecule has 0 saturated heterocycles. The van der Waals surface area contributed by atoms with Crippen LogP contribution in [0.5, 0.6) is 0 Å². The van der Waals surface area contributed by atoms with Crippen LogP contribution in [0.1, 0.15) is 44.6 Å². The Kier molecular flexibility index (Phi) is 6.44. The maximum absolute atomic E-state index is 3.58. The summed E-state index contributed by atoms with van der Waals surface area (Å²) < 4.78 is 0. The first-order chi connectivity index (χ1) is 9.72. The second-order valence-electron chi connectivity index (χ2n) is 6.22. The number of nitrogens with one attached hydrogen (secondary N) is 1. The molecule has 1 N–H and O–H groups in total. The van der Waals surface area contributed by atoms with Crippen molar-refractivity contribution in [2.75, 3.05) is 12.8 Å². The van der Waals surface area contributed by atoms with Gasteiger partial charge in [-0.3, -0.25) is 0 Å². The van der Waals surface area contributed by atoms with Gasteiger partial charge in [-0.05, 0) is 50.8 Å². The molecule has 0 amide bonds. The predicted octanol–water partition coefficient (Wildman–Crippen LogP) is 4.89. The van der Waals surface area contributed by atoms with Gasteiger partial charge in [0.1, 0.15) is 0 Å². The molecule has 0 radical (unpaired) electrons. The van der Waals surface area contributed by atoms with Crippen molar-refractivity contribution in [2.24, 2.45) is 11.8 Å². The molecule has 2 rings (SSSR count). The third-order valence-electron chi connectivity index (χ3n) is 4.76. The number of thioether (sulfide) groups is 1. The van der Waals surface area contributed by atoms with E-state index in [2.05, 4.69) is 50.5 Å². The van der Waals surface area contributed by atoms with Gasteiger partial charge in [-0.2, -0.15) is 0 Å². The fourth-order valence-corrected chi connectivity index (χ4v) is 4.67. The molecule has 1 aromatic carbocycles. The van der Waals surface area contributed by atoms with Crippen LogP contribution in [-0.4, -0.2) is 18.8 Å². The lowest BCUT2D eigenvalue weighted by atomic mass is 9.77. The largest absolute Gasteiger partial charge is 0.316 e.